The summed E-state index contributed by atoms with van der Waals surface area (Å²) in [6.07, 6.45) is 5.47. The third-order valence-electron chi connectivity index (χ3n) is 5.48. The van der Waals surface area contributed by atoms with E-state index in [-0.39, 0.29) is 0 Å². The molecule has 208 valence electrons. The van der Waals surface area contributed by atoms with Crippen LogP contribution < -0.4 is 0 Å². The Morgan fingerprint density at radius 2 is 0.914 bits per heavy atom. The second-order valence-electron chi connectivity index (χ2n) is 11.9. The summed E-state index contributed by atoms with van der Waals surface area (Å²) in [6.45, 7) is 14.4. The van der Waals surface area contributed by atoms with Gasteiger partial charge in [0.2, 0.25) is 0 Å². The molecule has 0 radical (unpaired) electrons. The second kappa shape index (κ2) is 15.9. The molecule has 0 aromatic carbocycles. The number of allylic oxidation sites excluding steroid dienone is 4. The van der Waals surface area contributed by atoms with Crippen molar-refractivity contribution in [2.24, 2.45) is 0 Å². The second-order valence-corrected chi connectivity index (χ2v) is 32.5. The van der Waals surface area contributed by atoms with Crippen LogP contribution in [0.5, 0.6) is 0 Å². The van der Waals surface area contributed by atoms with Crippen molar-refractivity contribution < 1.29 is 43.7 Å². The van der Waals surface area contributed by atoms with Gasteiger partial charge in [-0.1, -0.05) is 0 Å². The van der Waals surface area contributed by atoms with E-state index in [0.29, 0.717) is 39.3 Å². The van der Waals surface area contributed by atoms with E-state index >= 15 is 0 Å². The Morgan fingerprint density at radius 3 is 0.971 bits per heavy atom. The fourth-order valence-corrected chi connectivity index (χ4v) is 6.09. The fraction of sp³-hybridized carbons (Fsp3) is 0.720. The van der Waals surface area contributed by atoms with E-state index in [1.807, 2.05) is 41.5 Å². The molecule has 0 aliphatic heterocycles. The van der Waals surface area contributed by atoms with Gasteiger partial charge in [-0.25, -0.2) is 14.4 Å². The van der Waals surface area contributed by atoms with Crippen molar-refractivity contribution in [3.8, 4) is 0 Å². The molecule has 0 fully saturated rings. The first kappa shape index (κ1) is 37.6. The number of nitrogens with zero attached hydrogens (tertiary/aromatic N) is 3. The molecule has 0 aromatic rings. The molecule has 0 saturated carbocycles. The Labute approximate surface area is 211 Å². The SMILES string of the molecule is CCN(CC)C(=O)O.CCN(CC)C(=O)O.CCN(CC)C(=O)O.[CH3][Ti]([CH3])([CH3])([CH3])([CH3])[C]1=CC=CC1. The van der Waals surface area contributed by atoms with Crippen molar-refractivity contribution in [1.82, 2.24) is 14.7 Å². The molecule has 3 amide bonds. The van der Waals surface area contributed by atoms with Crippen LogP contribution in [0.25, 0.3) is 0 Å². The average molecular weight is 540 g/mol. The van der Waals surface area contributed by atoms with Crippen LogP contribution in [0.3, 0.4) is 0 Å². The molecule has 0 spiro atoms. The molecule has 10 heteroatoms. The van der Waals surface area contributed by atoms with Crippen molar-refractivity contribution >= 4 is 18.3 Å². The van der Waals surface area contributed by atoms with Crippen LogP contribution in [0, 0.1) is 0 Å². The summed E-state index contributed by atoms with van der Waals surface area (Å²) in [5.74, 6) is 0. The molecule has 35 heavy (non-hydrogen) atoms. The summed E-state index contributed by atoms with van der Waals surface area (Å²) in [6, 6.07) is 0. The van der Waals surface area contributed by atoms with Gasteiger partial charge < -0.3 is 30.0 Å². The summed E-state index contributed by atoms with van der Waals surface area (Å²) in [7, 11) is 0. The predicted molar refractivity (Wildman–Crippen MR) is 144 cm³/mol. The molecule has 0 unspecified atom stereocenters. The Hall–Kier alpha value is -2.00. The van der Waals surface area contributed by atoms with Crippen molar-refractivity contribution in [3.63, 3.8) is 0 Å². The number of carbonyl (C=O) groups is 3. The number of rotatable bonds is 7. The van der Waals surface area contributed by atoms with Gasteiger partial charge in [0.05, 0.1) is 0 Å². The van der Waals surface area contributed by atoms with Gasteiger partial charge in [-0.05, 0) is 41.5 Å². The van der Waals surface area contributed by atoms with Crippen LogP contribution in [0.1, 0.15) is 48.0 Å². The van der Waals surface area contributed by atoms with Crippen LogP contribution >= 0.6 is 0 Å². The van der Waals surface area contributed by atoms with Gasteiger partial charge in [-0.15, -0.1) is 0 Å². The molecule has 9 nitrogen and oxygen atoms in total. The van der Waals surface area contributed by atoms with Crippen LogP contribution in [0.15, 0.2) is 22.1 Å². The van der Waals surface area contributed by atoms with Gasteiger partial charge in [-0.3, -0.25) is 0 Å². The zero-order valence-corrected chi connectivity index (χ0v) is 25.7. The van der Waals surface area contributed by atoms with Gasteiger partial charge in [0, 0.05) is 39.3 Å². The summed E-state index contributed by atoms with van der Waals surface area (Å²) in [5.41, 5.74) is 0. The molecular formula is C25H53N3O6Ti. The first-order chi connectivity index (χ1) is 15.7. The Bertz CT molecular complexity index is 650. The van der Waals surface area contributed by atoms with E-state index < -0.39 is 32.3 Å². The molecule has 3 N–H and O–H groups in total. The monoisotopic (exact) mass is 539 g/mol. The van der Waals surface area contributed by atoms with Crippen molar-refractivity contribution in [2.45, 2.75) is 74.1 Å². The summed E-state index contributed by atoms with van der Waals surface area (Å²) in [5, 5.41) is 37.3. The van der Waals surface area contributed by atoms with E-state index in [1.165, 1.54) is 21.1 Å². The standard InChI is InChI=1S/3C5H11NO2.C5H5.5CH3.Ti/c3*1-3-6(4-2)5(7)8;1-2-4-5-3-1;;;;;;/h3*3-4H2,1-2H3,(H,7,8);1-3H,4H2;5*1H3;. The van der Waals surface area contributed by atoms with E-state index in [1.54, 1.807) is 3.88 Å². The zero-order chi connectivity index (χ0) is 28.5. The Morgan fingerprint density at radius 1 is 0.657 bits per heavy atom. The minimum atomic E-state index is -2.61. The molecule has 0 heterocycles. The molecule has 1 rings (SSSR count). The maximum atomic E-state index is 10.1. The maximum absolute atomic E-state index is 10.1. The van der Waals surface area contributed by atoms with E-state index in [2.05, 4.69) is 44.4 Å². The molecule has 0 bridgehead atoms. The number of hydrogen-bond acceptors (Lipinski definition) is 3. The van der Waals surface area contributed by atoms with Crippen LogP contribution in [0.2, 0.25) is 26.1 Å². The minimum absolute atomic E-state index is 0.575. The topological polar surface area (TPSA) is 122 Å². The van der Waals surface area contributed by atoms with Gasteiger partial charge in [0.25, 0.3) is 0 Å². The fourth-order valence-electron chi connectivity index (χ4n) is 2.86. The van der Waals surface area contributed by atoms with Crippen molar-refractivity contribution in [3.05, 3.63) is 22.1 Å². The van der Waals surface area contributed by atoms with Gasteiger partial charge in [-0.2, -0.15) is 0 Å². The summed E-state index contributed by atoms with van der Waals surface area (Å²) in [4.78, 5) is 34.3. The van der Waals surface area contributed by atoms with Gasteiger partial charge in [0.15, 0.2) is 0 Å². The average Bonchev–Trinajstić information content (AvgIpc) is 3.27. The van der Waals surface area contributed by atoms with E-state index in [9.17, 15) is 14.4 Å². The van der Waals surface area contributed by atoms with Crippen LogP contribution in [-0.4, -0.2) is 87.6 Å². The van der Waals surface area contributed by atoms with Crippen molar-refractivity contribution in [1.29, 1.82) is 0 Å². The van der Waals surface area contributed by atoms with Gasteiger partial charge >= 0.3 is 87.0 Å². The number of hydrogen-bond donors (Lipinski definition) is 3. The van der Waals surface area contributed by atoms with Gasteiger partial charge in [0.1, 0.15) is 0 Å². The Balaban J connectivity index is -0.000000396. The summed E-state index contributed by atoms with van der Waals surface area (Å²) >= 11 is -2.61. The molecule has 0 saturated heterocycles. The first-order valence-corrected chi connectivity index (χ1v) is 21.1. The number of amides is 3. The first-order valence-electron chi connectivity index (χ1n) is 12.6. The predicted octanol–water partition coefficient (Wildman–Crippen LogP) is 7.31. The molecule has 1 aliphatic carbocycles. The quantitative estimate of drug-likeness (QED) is 0.292. The third-order valence-corrected chi connectivity index (χ3v) is 11.1. The molecule has 1 aliphatic rings. The number of carboxylic acid groups (broad SMARTS) is 3. The molecule has 0 atom stereocenters. The molecular weight excluding hydrogens is 486 g/mol. The normalized spacial score (nSPS) is 13.6. The Kier molecular flexibility index (Phi) is 17.0. The third kappa shape index (κ3) is 18.9. The summed E-state index contributed by atoms with van der Waals surface area (Å²) < 4.78 is 1.70. The zero-order valence-electron chi connectivity index (χ0n) is 24.1. The van der Waals surface area contributed by atoms with Crippen LogP contribution in [-0.2, 0) is 14.0 Å². The van der Waals surface area contributed by atoms with E-state index in [0.717, 1.165) is 0 Å². The molecule has 0 aromatic heterocycles. The van der Waals surface area contributed by atoms with Crippen LogP contribution in [0.4, 0.5) is 14.4 Å². The van der Waals surface area contributed by atoms with Crippen molar-refractivity contribution in [2.75, 3.05) is 39.3 Å². The van der Waals surface area contributed by atoms with E-state index in [4.69, 9.17) is 15.3 Å².